The number of anilines is 1. The Kier molecular flexibility index (Phi) is 5.46. The van der Waals surface area contributed by atoms with Gasteiger partial charge in [0.25, 0.3) is 5.91 Å². The molecule has 122 valence electrons. The Morgan fingerprint density at radius 2 is 1.86 bits per heavy atom. The fraction of sp³-hybridized carbons (Fsp3) is 0.533. The quantitative estimate of drug-likeness (QED) is 0.819. The summed E-state index contributed by atoms with van der Waals surface area (Å²) in [4.78, 5) is 12.2. The van der Waals surface area contributed by atoms with Gasteiger partial charge in [0.05, 0.1) is 27.4 Å². The Morgan fingerprint density at radius 1 is 1.23 bits per heavy atom. The minimum absolute atomic E-state index is 0.0457. The summed E-state index contributed by atoms with van der Waals surface area (Å²) in [6, 6.07) is 3.35. The molecule has 2 rings (SSSR count). The van der Waals surface area contributed by atoms with Gasteiger partial charge in [-0.25, -0.2) is 0 Å². The highest BCUT2D eigenvalue weighted by Gasteiger charge is 2.30. The van der Waals surface area contributed by atoms with Gasteiger partial charge < -0.3 is 30.0 Å². The van der Waals surface area contributed by atoms with E-state index in [1.807, 2.05) is 0 Å². The maximum atomic E-state index is 12.2. The zero-order chi connectivity index (χ0) is 16.1. The standard InChI is InChI=1S/C15H22N2O5/c1-19-12-6-9(7-13(20-2)14(12)21-3)17-15(18)11-5-4-10(8-16)22-11/h6-7,10-11H,4-5,8,16H2,1-3H3,(H,17,18)/t10-,11+/m1/s1. The van der Waals surface area contributed by atoms with Crippen LogP contribution in [-0.4, -0.2) is 46.0 Å². The van der Waals surface area contributed by atoms with Crippen molar-refractivity contribution in [2.45, 2.75) is 25.0 Å². The Morgan fingerprint density at radius 3 is 2.32 bits per heavy atom. The Bertz CT molecular complexity index is 510. The molecule has 7 nitrogen and oxygen atoms in total. The van der Waals surface area contributed by atoms with Crippen LogP contribution in [0.4, 0.5) is 5.69 Å². The van der Waals surface area contributed by atoms with Crippen LogP contribution in [0.3, 0.4) is 0 Å². The zero-order valence-electron chi connectivity index (χ0n) is 13.0. The lowest BCUT2D eigenvalue weighted by Crippen LogP contribution is -2.29. The van der Waals surface area contributed by atoms with Crippen molar-refractivity contribution in [3.8, 4) is 17.2 Å². The summed E-state index contributed by atoms with van der Waals surface area (Å²) < 4.78 is 21.3. The van der Waals surface area contributed by atoms with Crippen LogP contribution in [-0.2, 0) is 9.53 Å². The number of hydrogen-bond acceptors (Lipinski definition) is 6. The predicted molar refractivity (Wildman–Crippen MR) is 81.7 cm³/mol. The van der Waals surface area contributed by atoms with E-state index in [4.69, 9.17) is 24.7 Å². The fourth-order valence-electron chi connectivity index (χ4n) is 2.45. The second-order valence-corrected chi connectivity index (χ2v) is 4.96. The van der Waals surface area contributed by atoms with Crippen molar-refractivity contribution in [3.63, 3.8) is 0 Å². The van der Waals surface area contributed by atoms with Gasteiger partial charge in [-0.3, -0.25) is 4.79 Å². The minimum Gasteiger partial charge on any atom is -0.493 e. The molecule has 0 bridgehead atoms. The maximum Gasteiger partial charge on any atom is 0.253 e. The number of rotatable bonds is 6. The highest BCUT2D eigenvalue weighted by Crippen LogP contribution is 2.40. The van der Waals surface area contributed by atoms with Crippen LogP contribution in [0, 0.1) is 0 Å². The highest BCUT2D eigenvalue weighted by atomic mass is 16.5. The summed E-state index contributed by atoms with van der Waals surface area (Å²) in [5.74, 6) is 1.22. The van der Waals surface area contributed by atoms with Gasteiger partial charge in [0.2, 0.25) is 5.75 Å². The van der Waals surface area contributed by atoms with E-state index in [9.17, 15) is 4.79 Å². The molecular formula is C15H22N2O5. The van der Waals surface area contributed by atoms with E-state index in [1.54, 1.807) is 12.1 Å². The van der Waals surface area contributed by atoms with Gasteiger partial charge in [0.1, 0.15) is 6.10 Å². The van der Waals surface area contributed by atoms with Crippen LogP contribution in [0.2, 0.25) is 0 Å². The van der Waals surface area contributed by atoms with Crippen molar-refractivity contribution in [2.24, 2.45) is 5.73 Å². The molecule has 1 heterocycles. The van der Waals surface area contributed by atoms with Gasteiger partial charge in [-0.1, -0.05) is 0 Å². The summed E-state index contributed by atoms with van der Waals surface area (Å²) in [6.07, 6.45) is 0.936. The van der Waals surface area contributed by atoms with Crippen LogP contribution < -0.4 is 25.3 Å². The smallest absolute Gasteiger partial charge is 0.253 e. The number of hydrogen-bond donors (Lipinski definition) is 2. The van der Waals surface area contributed by atoms with Crippen molar-refractivity contribution in [1.29, 1.82) is 0 Å². The van der Waals surface area contributed by atoms with E-state index in [-0.39, 0.29) is 12.0 Å². The highest BCUT2D eigenvalue weighted by molar-refractivity contribution is 5.95. The van der Waals surface area contributed by atoms with Gasteiger partial charge in [-0.15, -0.1) is 0 Å². The molecule has 1 aliphatic rings. The molecule has 1 aromatic carbocycles. The minimum atomic E-state index is -0.479. The average Bonchev–Trinajstić information content (AvgIpc) is 3.03. The lowest BCUT2D eigenvalue weighted by atomic mass is 10.2. The molecule has 2 atom stereocenters. The number of benzene rings is 1. The third kappa shape index (κ3) is 3.42. The Balaban J connectivity index is 2.14. The maximum absolute atomic E-state index is 12.2. The van der Waals surface area contributed by atoms with E-state index in [2.05, 4.69) is 5.32 Å². The number of ether oxygens (including phenoxy) is 4. The van der Waals surface area contributed by atoms with Crippen molar-refractivity contribution in [3.05, 3.63) is 12.1 Å². The molecule has 1 aliphatic heterocycles. The van der Waals surface area contributed by atoms with Crippen LogP contribution in [0.15, 0.2) is 12.1 Å². The van der Waals surface area contributed by atoms with Gasteiger partial charge >= 0.3 is 0 Å². The molecule has 3 N–H and O–H groups in total. The van der Waals surface area contributed by atoms with Crippen LogP contribution >= 0.6 is 0 Å². The molecule has 22 heavy (non-hydrogen) atoms. The van der Waals surface area contributed by atoms with Crippen molar-refractivity contribution >= 4 is 11.6 Å². The number of methoxy groups -OCH3 is 3. The predicted octanol–water partition coefficient (Wildman–Crippen LogP) is 1.16. The first-order chi connectivity index (χ1) is 10.6. The molecule has 1 aromatic rings. The lowest BCUT2D eigenvalue weighted by Gasteiger charge is -2.16. The molecule has 7 heteroatoms. The largest absolute Gasteiger partial charge is 0.493 e. The normalized spacial score (nSPS) is 20.5. The average molecular weight is 310 g/mol. The van der Waals surface area contributed by atoms with Crippen molar-refractivity contribution < 1.29 is 23.7 Å². The van der Waals surface area contributed by atoms with Crippen LogP contribution in [0.5, 0.6) is 17.2 Å². The number of carbonyl (C=O) groups is 1. The third-order valence-corrected chi connectivity index (χ3v) is 3.60. The molecule has 0 radical (unpaired) electrons. The topological polar surface area (TPSA) is 92.0 Å². The summed E-state index contributed by atoms with van der Waals surface area (Å²) in [7, 11) is 4.57. The van der Waals surface area contributed by atoms with Gasteiger partial charge in [0, 0.05) is 24.4 Å². The molecule has 1 fully saturated rings. The molecule has 0 saturated carbocycles. The first-order valence-electron chi connectivity index (χ1n) is 7.09. The van der Waals surface area contributed by atoms with Crippen molar-refractivity contribution in [2.75, 3.05) is 33.2 Å². The van der Waals surface area contributed by atoms with E-state index >= 15 is 0 Å². The first-order valence-corrected chi connectivity index (χ1v) is 7.09. The Hall–Kier alpha value is -1.99. The molecule has 0 unspecified atom stereocenters. The van der Waals surface area contributed by atoms with E-state index < -0.39 is 6.10 Å². The zero-order valence-corrected chi connectivity index (χ0v) is 13.0. The second kappa shape index (κ2) is 7.33. The van der Waals surface area contributed by atoms with E-state index in [0.29, 0.717) is 35.9 Å². The molecule has 0 spiro atoms. The number of carbonyl (C=O) groups excluding carboxylic acids is 1. The lowest BCUT2D eigenvalue weighted by molar-refractivity contribution is -0.126. The SMILES string of the molecule is COc1cc(NC(=O)[C@@H]2CC[C@H](CN)O2)cc(OC)c1OC. The molecule has 0 aromatic heterocycles. The molecular weight excluding hydrogens is 288 g/mol. The van der Waals surface area contributed by atoms with Gasteiger partial charge in [-0.2, -0.15) is 0 Å². The number of nitrogens with one attached hydrogen (secondary N) is 1. The Labute approximate surface area is 129 Å². The summed E-state index contributed by atoms with van der Waals surface area (Å²) in [5.41, 5.74) is 6.11. The molecule has 1 amide bonds. The van der Waals surface area contributed by atoms with Crippen molar-refractivity contribution in [1.82, 2.24) is 0 Å². The monoisotopic (exact) mass is 310 g/mol. The summed E-state index contributed by atoms with van der Waals surface area (Å²) in [6.45, 7) is 0.425. The van der Waals surface area contributed by atoms with Crippen LogP contribution in [0.1, 0.15) is 12.8 Å². The molecule has 1 saturated heterocycles. The summed E-state index contributed by atoms with van der Waals surface area (Å²) in [5, 5.41) is 2.81. The van der Waals surface area contributed by atoms with E-state index in [1.165, 1.54) is 21.3 Å². The second-order valence-electron chi connectivity index (χ2n) is 4.96. The van der Waals surface area contributed by atoms with Gasteiger partial charge in [0.15, 0.2) is 11.5 Å². The number of amides is 1. The number of nitrogens with two attached hydrogens (primary N) is 1. The molecule has 0 aliphatic carbocycles. The fourth-order valence-corrected chi connectivity index (χ4v) is 2.45. The first kappa shape index (κ1) is 16.4. The van der Waals surface area contributed by atoms with Gasteiger partial charge in [-0.05, 0) is 12.8 Å². The summed E-state index contributed by atoms with van der Waals surface area (Å²) >= 11 is 0. The van der Waals surface area contributed by atoms with E-state index in [0.717, 1.165) is 6.42 Å². The third-order valence-electron chi connectivity index (χ3n) is 3.60. The van der Waals surface area contributed by atoms with Crippen LogP contribution in [0.25, 0.3) is 0 Å².